The Labute approximate surface area is 235 Å². The minimum absolute atomic E-state index is 0. The SMILES string of the molecule is CN1CCC(N(c2cnn(C3CC3)c2)S(=O)(=O)[N-]C(=O)Nc2c3c(cc4c2CCC4)CCC3)CC1.[Na+]. The number of nitrogens with one attached hydrogen (secondary N) is 1. The van der Waals surface area contributed by atoms with E-state index in [2.05, 4.69) is 26.1 Å². The molecule has 11 heteroatoms. The Morgan fingerprint density at radius 2 is 1.69 bits per heavy atom. The van der Waals surface area contributed by atoms with Crippen LogP contribution in [-0.4, -0.2) is 55.3 Å². The summed E-state index contributed by atoms with van der Waals surface area (Å²) in [7, 11) is -2.22. The van der Waals surface area contributed by atoms with Crippen LogP contribution in [0, 0.1) is 0 Å². The molecule has 36 heavy (non-hydrogen) atoms. The number of amides is 2. The summed E-state index contributed by atoms with van der Waals surface area (Å²) < 4.78 is 34.2. The maximum atomic E-state index is 13.6. The number of hydrogen-bond acceptors (Lipinski definition) is 5. The van der Waals surface area contributed by atoms with Crippen LogP contribution in [0.5, 0.6) is 0 Å². The van der Waals surface area contributed by atoms with Crippen LogP contribution >= 0.6 is 0 Å². The Morgan fingerprint density at radius 3 is 2.31 bits per heavy atom. The summed E-state index contributed by atoms with van der Waals surface area (Å²) in [5.41, 5.74) is 6.18. The first-order valence-electron chi connectivity index (χ1n) is 12.9. The number of fused-ring (bicyclic) bond motifs is 2. The van der Waals surface area contributed by atoms with Gasteiger partial charge in [-0.05, 0) is 112 Å². The van der Waals surface area contributed by atoms with Crippen LogP contribution in [0.4, 0.5) is 16.2 Å². The summed E-state index contributed by atoms with van der Waals surface area (Å²) in [6.07, 6.45) is 12.8. The minimum atomic E-state index is -4.26. The number of carbonyl (C=O) groups excluding carboxylic acids is 1. The van der Waals surface area contributed by atoms with Gasteiger partial charge < -0.3 is 14.9 Å². The van der Waals surface area contributed by atoms with Crippen molar-refractivity contribution in [1.29, 1.82) is 0 Å². The van der Waals surface area contributed by atoms with E-state index in [9.17, 15) is 13.2 Å². The van der Waals surface area contributed by atoms with Gasteiger partial charge in [-0.3, -0.25) is 13.8 Å². The molecule has 0 spiro atoms. The monoisotopic (exact) mass is 520 g/mol. The molecule has 0 bridgehead atoms. The molecule has 4 aliphatic rings. The Bertz CT molecular complexity index is 1220. The van der Waals surface area contributed by atoms with Crippen molar-refractivity contribution in [2.45, 2.75) is 76.3 Å². The minimum Gasteiger partial charge on any atom is -0.423 e. The summed E-state index contributed by atoms with van der Waals surface area (Å²) in [5.74, 6) is 0. The first kappa shape index (κ1) is 26.0. The molecular formula is C25H33N6NaO3S. The normalized spacial score (nSPS) is 19.9. The van der Waals surface area contributed by atoms with Gasteiger partial charge in [0, 0.05) is 12.2 Å². The van der Waals surface area contributed by atoms with Gasteiger partial charge in [-0.25, -0.2) is 8.42 Å². The van der Waals surface area contributed by atoms with Crippen molar-refractivity contribution in [2.75, 3.05) is 29.8 Å². The zero-order valence-corrected chi connectivity index (χ0v) is 24.1. The maximum absolute atomic E-state index is 13.6. The van der Waals surface area contributed by atoms with E-state index in [1.165, 1.54) is 15.4 Å². The second-order valence-electron chi connectivity index (χ2n) is 10.5. The van der Waals surface area contributed by atoms with Crippen LogP contribution in [0.2, 0.25) is 0 Å². The van der Waals surface area contributed by atoms with Crippen LogP contribution in [0.3, 0.4) is 0 Å². The molecule has 6 rings (SSSR count). The number of aryl methyl sites for hydroxylation is 2. The van der Waals surface area contributed by atoms with E-state index in [1.54, 1.807) is 12.4 Å². The number of carbonyl (C=O) groups is 1. The molecule has 188 valence electrons. The predicted octanol–water partition coefficient (Wildman–Crippen LogP) is 0.951. The number of piperidine rings is 1. The summed E-state index contributed by atoms with van der Waals surface area (Å²) >= 11 is 0. The number of hydrogen-bond donors (Lipinski definition) is 1. The van der Waals surface area contributed by atoms with Crippen molar-refractivity contribution in [3.63, 3.8) is 0 Å². The maximum Gasteiger partial charge on any atom is 1.00 e. The van der Waals surface area contributed by atoms with Crippen LogP contribution in [0.1, 0.15) is 66.8 Å². The Balaban J connectivity index is 0.00000267. The molecular weight excluding hydrogens is 487 g/mol. The van der Waals surface area contributed by atoms with Gasteiger partial charge in [0.2, 0.25) is 0 Å². The van der Waals surface area contributed by atoms with Crippen molar-refractivity contribution in [3.05, 3.63) is 45.4 Å². The molecule has 2 heterocycles. The fourth-order valence-electron chi connectivity index (χ4n) is 5.99. The van der Waals surface area contributed by atoms with Crippen molar-refractivity contribution in [2.24, 2.45) is 0 Å². The standard InChI is InChI=1S/C25H34N6O3S.Na/c1-29-12-10-20(11-13-29)31(21-15-26-30(16-21)19-8-9-19)35(33,34)28-25(32)27-24-22-6-2-4-17(22)14-18-5-3-7-23(18)24;/h14-16,19-20H,2-13H2,1H3,(H2,27,28,32);/q;+1/p-1. The molecule has 2 fully saturated rings. The number of likely N-dealkylation sites (tertiary alicyclic amines) is 1. The molecule has 1 aromatic heterocycles. The first-order chi connectivity index (χ1) is 16.9. The second-order valence-corrected chi connectivity index (χ2v) is 11.9. The Kier molecular flexibility index (Phi) is 7.44. The quantitative estimate of drug-likeness (QED) is 0.572. The molecule has 1 N–H and O–H groups in total. The molecule has 3 aliphatic carbocycles. The number of urea groups is 1. The molecule has 2 amide bonds. The Morgan fingerprint density at radius 1 is 1.06 bits per heavy atom. The molecule has 1 saturated carbocycles. The average Bonchev–Trinajstić information content (AvgIpc) is 3.19. The summed E-state index contributed by atoms with van der Waals surface area (Å²) in [6.45, 7) is 1.59. The van der Waals surface area contributed by atoms with Gasteiger partial charge in [-0.2, -0.15) is 5.10 Å². The summed E-state index contributed by atoms with van der Waals surface area (Å²) in [5, 5.41) is 7.31. The van der Waals surface area contributed by atoms with E-state index in [-0.39, 0.29) is 35.6 Å². The molecule has 9 nitrogen and oxygen atoms in total. The van der Waals surface area contributed by atoms with Crippen LogP contribution in [-0.2, 0) is 35.9 Å². The number of nitrogens with zero attached hydrogens (tertiary/aromatic N) is 5. The molecule has 1 aliphatic heterocycles. The zero-order valence-electron chi connectivity index (χ0n) is 21.2. The number of rotatable bonds is 6. The second kappa shape index (κ2) is 10.3. The molecule has 2 aromatic rings. The topological polar surface area (TPSA) is 102 Å². The number of aromatic nitrogens is 2. The fraction of sp³-hybridized carbons (Fsp3) is 0.600. The molecule has 0 atom stereocenters. The van der Waals surface area contributed by atoms with Crippen LogP contribution in [0.25, 0.3) is 4.72 Å². The predicted molar refractivity (Wildman–Crippen MR) is 135 cm³/mol. The largest absolute Gasteiger partial charge is 1.00 e. The van der Waals surface area contributed by atoms with Crippen molar-refractivity contribution >= 4 is 27.6 Å². The van der Waals surface area contributed by atoms with Crippen molar-refractivity contribution in [3.8, 4) is 0 Å². The van der Waals surface area contributed by atoms with Gasteiger partial charge in [0.1, 0.15) is 0 Å². The molecule has 0 unspecified atom stereocenters. The first-order valence-corrected chi connectivity index (χ1v) is 14.3. The van der Waals surface area contributed by atoms with Gasteiger partial charge in [0.05, 0.1) is 17.9 Å². The van der Waals surface area contributed by atoms with Gasteiger partial charge in [0.25, 0.3) is 10.2 Å². The van der Waals surface area contributed by atoms with Crippen molar-refractivity contribution in [1.82, 2.24) is 14.7 Å². The third-order valence-corrected chi connectivity index (χ3v) is 9.34. The summed E-state index contributed by atoms with van der Waals surface area (Å²) in [6, 6.07) is 1.56. The molecule has 1 saturated heterocycles. The van der Waals surface area contributed by atoms with E-state index in [4.69, 9.17) is 0 Å². The third kappa shape index (κ3) is 5.07. The van der Waals surface area contributed by atoms with E-state index < -0.39 is 16.2 Å². The van der Waals surface area contributed by atoms with E-state index in [0.29, 0.717) is 24.6 Å². The van der Waals surface area contributed by atoms with E-state index >= 15 is 0 Å². The van der Waals surface area contributed by atoms with Gasteiger partial charge in [0.15, 0.2) is 6.03 Å². The Hall–Kier alpha value is -1.59. The van der Waals surface area contributed by atoms with Crippen LogP contribution < -0.4 is 39.2 Å². The fourth-order valence-corrected chi connectivity index (χ4v) is 7.28. The van der Waals surface area contributed by atoms with Gasteiger partial charge >= 0.3 is 29.6 Å². The molecule has 0 radical (unpaired) electrons. The molecule has 1 aromatic carbocycles. The van der Waals surface area contributed by atoms with E-state index in [1.807, 2.05) is 11.7 Å². The van der Waals surface area contributed by atoms with E-state index in [0.717, 1.165) is 81.3 Å². The average molecular weight is 521 g/mol. The van der Waals surface area contributed by atoms with Crippen LogP contribution in [0.15, 0.2) is 18.5 Å². The van der Waals surface area contributed by atoms with Gasteiger partial charge in [-0.1, -0.05) is 6.07 Å². The number of anilines is 2. The smallest absolute Gasteiger partial charge is 0.423 e. The number of benzene rings is 1. The zero-order chi connectivity index (χ0) is 24.2. The third-order valence-electron chi connectivity index (χ3n) is 7.93. The summed E-state index contributed by atoms with van der Waals surface area (Å²) in [4.78, 5) is 15.3. The van der Waals surface area contributed by atoms with Crippen molar-refractivity contribution < 1.29 is 42.8 Å². The van der Waals surface area contributed by atoms with Gasteiger partial charge in [-0.15, -0.1) is 0 Å².